The molecule has 0 bridgehead atoms. The lowest BCUT2D eigenvalue weighted by Gasteiger charge is -2.25. The molecule has 4 rings (SSSR count). The van der Waals surface area contributed by atoms with Crippen LogP contribution in [0.3, 0.4) is 0 Å². The summed E-state index contributed by atoms with van der Waals surface area (Å²) in [6.45, 7) is 4.02. The standard InChI is InChI=1S/C21H21FN2O3S2/c1-13-3-8-17(9-14(13)2)24-18-11-29(26,27)12-19(18)28-21(24)23-20(25)10-15-4-6-16(22)7-5-15/h3-9,18-19H,10-12H2,1-2H3/t18-,19-/m0/s1. The second kappa shape index (κ2) is 7.57. The Kier molecular flexibility index (Phi) is 5.25. The molecule has 2 fully saturated rings. The van der Waals surface area contributed by atoms with Gasteiger partial charge in [0.1, 0.15) is 5.82 Å². The quantitative estimate of drug-likeness (QED) is 0.745. The molecule has 2 heterocycles. The summed E-state index contributed by atoms with van der Waals surface area (Å²) in [5, 5.41) is 0.393. The molecule has 5 nitrogen and oxygen atoms in total. The SMILES string of the molecule is Cc1ccc(N2C(=NC(=O)Cc3ccc(F)cc3)S[C@H]3CS(=O)(=O)C[C@@H]32)cc1C. The van der Waals surface area contributed by atoms with E-state index in [4.69, 9.17) is 0 Å². The van der Waals surface area contributed by atoms with E-state index in [1.807, 2.05) is 36.9 Å². The second-order valence-corrected chi connectivity index (χ2v) is 10.9. The predicted molar refractivity (Wildman–Crippen MR) is 115 cm³/mol. The number of halogens is 1. The minimum Gasteiger partial charge on any atom is -0.316 e. The van der Waals surface area contributed by atoms with Crippen LogP contribution >= 0.6 is 11.8 Å². The van der Waals surface area contributed by atoms with Crippen LogP contribution in [0.4, 0.5) is 10.1 Å². The summed E-state index contributed by atoms with van der Waals surface area (Å²) < 4.78 is 37.4. The molecule has 2 saturated heterocycles. The van der Waals surface area contributed by atoms with Crippen LogP contribution in [-0.2, 0) is 21.1 Å². The van der Waals surface area contributed by atoms with Gasteiger partial charge < -0.3 is 4.90 Å². The number of rotatable bonds is 3. The van der Waals surface area contributed by atoms with Crippen LogP contribution in [0.2, 0.25) is 0 Å². The summed E-state index contributed by atoms with van der Waals surface area (Å²) >= 11 is 1.35. The summed E-state index contributed by atoms with van der Waals surface area (Å²) in [5.41, 5.74) is 3.76. The van der Waals surface area contributed by atoms with Crippen molar-refractivity contribution in [1.82, 2.24) is 0 Å². The fraction of sp³-hybridized carbons (Fsp3) is 0.333. The van der Waals surface area contributed by atoms with E-state index in [2.05, 4.69) is 4.99 Å². The first-order valence-electron chi connectivity index (χ1n) is 9.31. The Balaban J connectivity index is 1.65. The zero-order chi connectivity index (χ0) is 20.8. The van der Waals surface area contributed by atoms with Gasteiger partial charge in [0.2, 0.25) is 0 Å². The number of carbonyl (C=O) groups excluding carboxylic acids is 1. The molecule has 8 heteroatoms. The van der Waals surface area contributed by atoms with Crippen LogP contribution in [0.1, 0.15) is 16.7 Å². The molecule has 0 radical (unpaired) electrons. The molecule has 0 N–H and O–H groups in total. The number of aryl methyl sites for hydroxylation is 2. The van der Waals surface area contributed by atoms with Gasteiger partial charge in [-0.1, -0.05) is 30.0 Å². The first kappa shape index (κ1) is 20.1. The van der Waals surface area contributed by atoms with E-state index in [1.54, 1.807) is 12.1 Å². The maximum absolute atomic E-state index is 13.1. The van der Waals surface area contributed by atoms with Crippen LogP contribution in [0.25, 0.3) is 0 Å². The minimum atomic E-state index is -3.11. The van der Waals surface area contributed by atoms with Crippen molar-refractivity contribution in [2.75, 3.05) is 16.4 Å². The smallest absolute Gasteiger partial charge is 0.252 e. The number of fused-ring (bicyclic) bond motifs is 1. The fourth-order valence-electron chi connectivity index (χ4n) is 3.66. The van der Waals surface area contributed by atoms with Gasteiger partial charge in [-0.2, -0.15) is 4.99 Å². The second-order valence-electron chi connectivity index (χ2n) is 7.53. The van der Waals surface area contributed by atoms with Gasteiger partial charge in [-0.25, -0.2) is 12.8 Å². The highest BCUT2D eigenvalue weighted by atomic mass is 32.2. The molecule has 29 heavy (non-hydrogen) atoms. The lowest BCUT2D eigenvalue weighted by atomic mass is 10.1. The maximum Gasteiger partial charge on any atom is 0.252 e. The van der Waals surface area contributed by atoms with E-state index in [0.29, 0.717) is 10.7 Å². The number of sulfone groups is 1. The third kappa shape index (κ3) is 4.23. The third-order valence-electron chi connectivity index (χ3n) is 5.32. The summed E-state index contributed by atoms with van der Waals surface area (Å²) in [4.78, 5) is 18.8. The maximum atomic E-state index is 13.1. The highest BCUT2D eigenvalue weighted by molar-refractivity contribution is 8.16. The molecular formula is C21H21FN2O3S2. The van der Waals surface area contributed by atoms with Gasteiger partial charge in [-0.15, -0.1) is 0 Å². The molecule has 2 aliphatic rings. The highest BCUT2D eigenvalue weighted by Gasteiger charge is 2.49. The summed E-state index contributed by atoms with van der Waals surface area (Å²) in [7, 11) is -3.11. The first-order chi connectivity index (χ1) is 13.7. The molecule has 0 spiro atoms. The Morgan fingerprint density at radius 1 is 1.14 bits per heavy atom. The number of hydrogen-bond acceptors (Lipinski definition) is 4. The van der Waals surface area contributed by atoms with Crippen molar-refractivity contribution in [2.45, 2.75) is 31.6 Å². The number of thioether (sulfide) groups is 1. The molecule has 0 unspecified atom stereocenters. The molecular weight excluding hydrogens is 411 g/mol. The zero-order valence-corrected chi connectivity index (χ0v) is 17.8. The largest absolute Gasteiger partial charge is 0.316 e. The van der Waals surface area contributed by atoms with Crippen molar-refractivity contribution in [3.05, 3.63) is 65.0 Å². The van der Waals surface area contributed by atoms with Crippen LogP contribution in [-0.4, -0.2) is 42.3 Å². The third-order valence-corrected chi connectivity index (χ3v) is 8.53. The number of nitrogens with zero attached hydrogens (tertiary/aromatic N) is 2. The van der Waals surface area contributed by atoms with Crippen LogP contribution in [0.5, 0.6) is 0 Å². The molecule has 0 aliphatic carbocycles. The number of benzene rings is 2. The van der Waals surface area contributed by atoms with Gasteiger partial charge in [0.05, 0.1) is 24.0 Å². The number of anilines is 1. The zero-order valence-electron chi connectivity index (χ0n) is 16.1. The van der Waals surface area contributed by atoms with Crippen LogP contribution in [0, 0.1) is 19.7 Å². The predicted octanol–water partition coefficient (Wildman–Crippen LogP) is 3.29. The first-order valence-corrected chi connectivity index (χ1v) is 12.0. The lowest BCUT2D eigenvalue weighted by molar-refractivity contribution is -0.117. The molecule has 152 valence electrons. The van der Waals surface area contributed by atoms with Crippen molar-refractivity contribution >= 4 is 38.4 Å². The average molecular weight is 433 g/mol. The molecule has 2 atom stereocenters. The van der Waals surface area contributed by atoms with E-state index >= 15 is 0 Å². The minimum absolute atomic E-state index is 0.0583. The molecule has 2 aromatic rings. The molecule has 0 saturated carbocycles. The molecule has 2 aromatic carbocycles. The molecule has 0 aromatic heterocycles. The monoisotopic (exact) mass is 432 g/mol. The highest BCUT2D eigenvalue weighted by Crippen LogP contribution is 2.41. The molecule has 2 aliphatic heterocycles. The van der Waals surface area contributed by atoms with E-state index < -0.39 is 9.84 Å². The van der Waals surface area contributed by atoms with E-state index in [0.717, 1.165) is 16.8 Å². The average Bonchev–Trinajstić information content (AvgIpc) is 3.10. The number of carbonyl (C=O) groups is 1. The number of aliphatic imine (C=N–C) groups is 1. The Morgan fingerprint density at radius 3 is 2.55 bits per heavy atom. The van der Waals surface area contributed by atoms with Crippen molar-refractivity contribution < 1.29 is 17.6 Å². The van der Waals surface area contributed by atoms with Crippen LogP contribution < -0.4 is 4.90 Å². The topological polar surface area (TPSA) is 66.8 Å². The summed E-state index contributed by atoms with van der Waals surface area (Å²) in [6, 6.07) is 11.5. The normalized spacial score (nSPS) is 24.1. The van der Waals surface area contributed by atoms with Gasteiger partial charge in [0, 0.05) is 10.9 Å². The summed E-state index contributed by atoms with van der Waals surface area (Å²) in [5.74, 6) is -0.540. The van der Waals surface area contributed by atoms with Gasteiger partial charge in [0.25, 0.3) is 5.91 Å². The van der Waals surface area contributed by atoms with E-state index in [-0.39, 0.29) is 40.9 Å². The Bertz CT molecular complexity index is 1100. The van der Waals surface area contributed by atoms with Crippen molar-refractivity contribution in [2.24, 2.45) is 4.99 Å². The van der Waals surface area contributed by atoms with Crippen molar-refractivity contribution in [1.29, 1.82) is 0 Å². The Hall–Kier alpha value is -2.19. The van der Waals surface area contributed by atoms with Gasteiger partial charge in [0.15, 0.2) is 15.0 Å². The number of amidine groups is 1. The van der Waals surface area contributed by atoms with Crippen molar-refractivity contribution in [3.63, 3.8) is 0 Å². The van der Waals surface area contributed by atoms with E-state index in [9.17, 15) is 17.6 Å². The van der Waals surface area contributed by atoms with E-state index in [1.165, 1.54) is 23.9 Å². The number of amides is 1. The summed E-state index contributed by atoms with van der Waals surface area (Å²) in [6.07, 6.45) is 0.0682. The molecule has 1 amide bonds. The van der Waals surface area contributed by atoms with Crippen LogP contribution in [0.15, 0.2) is 47.5 Å². The van der Waals surface area contributed by atoms with Gasteiger partial charge in [-0.3, -0.25) is 4.79 Å². The Labute approximate surface area is 173 Å². The Morgan fingerprint density at radius 2 is 1.86 bits per heavy atom. The lowest BCUT2D eigenvalue weighted by Crippen LogP contribution is -2.37. The van der Waals surface area contributed by atoms with Crippen molar-refractivity contribution in [3.8, 4) is 0 Å². The number of hydrogen-bond donors (Lipinski definition) is 0. The fourth-order valence-corrected chi connectivity index (χ4v) is 7.60. The van der Waals surface area contributed by atoms with Gasteiger partial charge >= 0.3 is 0 Å². The van der Waals surface area contributed by atoms with Gasteiger partial charge in [-0.05, 0) is 54.8 Å².